The van der Waals surface area contributed by atoms with Crippen molar-refractivity contribution in [1.29, 1.82) is 0 Å². The Balaban J connectivity index is 1.71. The molecule has 0 unspecified atom stereocenters. The molecule has 2 aliphatic rings. The summed E-state index contributed by atoms with van der Waals surface area (Å²) in [4.78, 5) is 24.3. The highest BCUT2D eigenvalue weighted by atomic mass is 79.9. The molecule has 8 heteroatoms. The van der Waals surface area contributed by atoms with E-state index < -0.39 is 0 Å². The van der Waals surface area contributed by atoms with Gasteiger partial charge in [-0.25, -0.2) is 4.99 Å². The van der Waals surface area contributed by atoms with Crippen LogP contribution < -0.4 is 0 Å². The van der Waals surface area contributed by atoms with Gasteiger partial charge in [0.05, 0.1) is 15.6 Å². The maximum absolute atomic E-state index is 13.2. The molecule has 1 aliphatic heterocycles. The number of nitrogens with zero attached hydrogens (tertiary/aromatic N) is 3. The first-order valence-electron chi connectivity index (χ1n) is 8.78. The van der Waals surface area contributed by atoms with Crippen molar-refractivity contribution in [2.45, 2.75) is 38.1 Å². The SMILES string of the molecule is O=C1/C(=C\c2ccc(Br)o2)SC(=Nc2ccncc2Cl)N1C1CCCCC1. The molecule has 4 rings (SSSR count). The number of carbonyl (C=O) groups is 1. The number of amides is 1. The molecule has 2 aromatic rings. The summed E-state index contributed by atoms with van der Waals surface area (Å²) >= 11 is 10.9. The maximum Gasteiger partial charge on any atom is 0.267 e. The molecule has 1 amide bonds. The van der Waals surface area contributed by atoms with Gasteiger partial charge in [0.25, 0.3) is 5.91 Å². The predicted octanol–water partition coefficient (Wildman–Crippen LogP) is 6.03. The minimum absolute atomic E-state index is 0.0247. The van der Waals surface area contributed by atoms with Gasteiger partial charge in [0.1, 0.15) is 5.76 Å². The second-order valence-electron chi connectivity index (χ2n) is 6.44. The molecular weight excluding hydrogens is 450 g/mol. The normalized spacial score (nSPS) is 21.6. The summed E-state index contributed by atoms with van der Waals surface area (Å²) in [5, 5.41) is 1.13. The van der Waals surface area contributed by atoms with Gasteiger partial charge in [-0.2, -0.15) is 0 Å². The zero-order valence-corrected chi connectivity index (χ0v) is 17.6. The van der Waals surface area contributed by atoms with E-state index in [0.717, 1.165) is 25.7 Å². The largest absolute Gasteiger partial charge is 0.450 e. The Bertz CT molecular complexity index is 921. The minimum atomic E-state index is -0.0247. The van der Waals surface area contributed by atoms with Gasteiger partial charge in [-0.1, -0.05) is 30.9 Å². The first kappa shape index (κ1) is 18.8. The number of furan rings is 1. The highest BCUT2D eigenvalue weighted by Crippen LogP contribution is 2.39. The molecule has 0 radical (unpaired) electrons. The summed E-state index contributed by atoms with van der Waals surface area (Å²) in [7, 11) is 0. The van der Waals surface area contributed by atoms with Crippen LogP contribution in [0.4, 0.5) is 5.69 Å². The van der Waals surface area contributed by atoms with Gasteiger partial charge in [-0.15, -0.1) is 0 Å². The number of hydrogen-bond acceptors (Lipinski definition) is 5. The first-order valence-corrected chi connectivity index (χ1v) is 10.8. The number of rotatable bonds is 3. The van der Waals surface area contributed by atoms with Crippen LogP contribution in [0.15, 0.2) is 49.6 Å². The Labute approximate surface area is 175 Å². The van der Waals surface area contributed by atoms with E-state index in [1.165, 1.54) is 18.2 Å². The van der Waals surface area contributed by atoms with Crippen LogP contribution >= 0.6 is 39.3 Å². The summed E-state index contributed by atoms with van der Waals surface area (Å²) < 4.78 is 6.16. The van der Waals surface area contributed by atoms with Crippen molar-refractivity contribution in [2.24, 2.45) is 4.99 Å². The Morgan fingerprint density at radius 1 is 1.30 bits per heavy atom. The number of carbonyl (C=O) groups excluding carboxylic acids is 1. The van der Waals surface area contributed by atoms with Crippen LogP contribution in [-0.2, 0) is 4.79 Å². The molecule has 5 nitrogen and oxygen atoms in total. The predicted molar refractivity (Wildman–Crippen MR) is 112 cm³/mol. The lowest BCUT2D eigenvalue weighted by molar-refractivity contribution is -0.124. The number of hydrogen-bond donors (Lipinski definition) is 0. The molecule has 0 spiro atoms. The Morgan fingerprint density at radius 2 is 2.11 bits per heavy atom. The van der Waals surface area contributed by atoms with Crippen molar-refractivity contribution in [1.82, 2.24) is 9.88 Å². The number of amidine groups is 1. The van der Waals surface area contributed by atoms with Crippen LogP contribution in [0.2, 0.25) is 5.02 Å². The average molecular weight is 467 g/mol. The molecule has 0 atom stereocenters. The van der Waals surface area contributed by atoms with E-state index in [9.17, 15) is 4.79 Å². The van der Waals surface area contributed by atoms with Gasteiger partial charge in [-0.3, -0.25) is 14.7 Å². The van der Waals surface area contributed by atoms with E-state index in [-0.39, 0.29) is 11.9 Å². The standard InChI is InChI=1S/C19H17BrClN3O2S/c20-17-7-6-13(26-17)10-16-18(25)24(12-4-2-1-3-5-12)19(27-16)23-15-8-9-22-11-14(15)21/h6-12H,1-5H2/b16-10+,23-19?. The van der Waals surface area contributed by atoms with Crippen LogP contribution in [0.5, 0.6) is 0 Å². The zero-order valence-electron chi connectivity index (χ0n) is 14.4. The van der Waals surface area contributed by atoms with Crippen LogP contribution in [0, 0.1) is 0 Å². The summed E-state index contributed by atoms with van der Waals surface area (Å²) in [6.07, 6.45) is 10.4. The number of aromatic nitrogens is 1. The van der Waals surface area contributed by atoms with E-state index >= 15 is 0 Å². The fourth-order valence-electron chi connectivity index (χ4n) is 3.32. The van der Waals surface area contributed by atoms with Crippen LogP contribution in [0.25, 0.3) is 6.08 Å². The second kappa shape index (κ2) is 8.20. The first-order chi connectivity index (χ1) is 13.1. The average Bonchev–Trinajstić information content (AvgIpc) is 3.21. The van der Waals surface area contributed by atoms with Gasteiger partial charge < -0.3 is 4.42 Å². The molecule has 0 aromatic carbocycles. The van der Waals surface area contributed by atoms with E-state index in [2.05, 4.69) is 20.9 Å². The Kier molecular flexibility index (Phi) is 5.71. The number of halogens is 2. The lowest BCUT2D eigenvalue weighted by atomic mass is 9.94. The highest BCUT2D eigenvalue weighted by Gasteiger charge is 2.39. The molecule has 1 saturated carbocycles. The van der Waals surface area contributed by atoms with Gasteiger partial charge in [0.15, 0.2) is 9.84 Å². The summed E-state index contributed by atoms with van der Waals surface area (Å²) in [6.45, 7) is 0. The molecule has 0 N–H and O–H groups in total. The topological polar surface area (TPSA) is 58.7 Å². The lowest BCUT2D eigenvalue weighted by Crippen LogP contribution is -2.40. The number of pyridine rings is 1. The van der Waals surface area contributed by atoms with Gasteiger partial charge in [-0.05, 0) is 58.7 Å². The van der Waals surface area contributed by atoms with E-state index in [1.54, 1.807) is 30.6 Å². The fraction of sp³-hybridized carbons (Fsp3) is 0.316. The lowest BCUT2D eigenvalue weighted by Gasteiger charge is -2.30. The van der Waals surface area contributed by atoms with E-state index in [0.29, 0.717) is 31.2 Å². The van der Waals surface area contributed by atoms with Crippen molar-refractivity contribution in [3.8, 4) is 0 Å². The van der Waals surface area contributed by atoms with Crippen LogP contribution in [0.3, 0.4) is 0 Å². The third-order valence-electron chi connectivity index (χ3n) is 4.61. The van der Waals surface area contributed by atoms with Gasteiger partial charge >= 0.3 is 0 Å². The fourth-order valence-corrected chi connectivity index (χ4v) is 4.83. The van der Waals surface area contributed by atoms with Crippen LogP contribution in [0.1, 0.15) is 37.9 Å². The van der Waals surface area contributed by atoms with Crippen molar-refractivity contribution in [3.63, 3.8) is 0 Å². The molecule has 0 bridgehead atoms. The number of aliphatic imine (C=N–C) groups is 1. The quantitative estimate of drug-likeness (QED) is 0.518. The molecule has 1 saturated heterocycles. The monoisotopic (exact) mass is 465 g/mol. The van der Waals surface area contributed by atoms with E-state index in [4.69, 9.17) is 21.0 Å². The summed E-state index contributed by atoms with van der Waals surface area (Å²) in [6, 6.07) is 5.56. The molecule has 2 aromatic heterocycles. The van der Waals surface area contributed by atoms with Gasteiger partial charge in [0.2, 0.25) is 0 Å². The smallest absolute Gasteiger partial charge is 0.267 e. The molecule has 3 heterocycles. The molecule has 140 valence electrons. The zero-order chi connectivity index (χ0) is 18.8. The summed E-state index contributed by atoms with van der Waals surface area (Å²) in [5.41, 5.74) is 0.616. The highest BCUT2D eigenvalue weighted by molar-refractivity contribution is 9.10. The third-order valence-corrected chi connectivity index (χ3v) is 6.31. The molecule has 2 fully saturated rings. The summed E-state index contributed by atoms with van der Waals surface area (Å²) in [5.74, 6) is 0.605. The third kappa shape index (κ3) is 4.15. The maximum atomic E-state index is 13.2. The van der Waals surface area contributed by atoms with Crippen LogP contribution in [-0.4, -0.2) is 27.0 Å². The number of thioether (sulfide) groups is 1. The van der Waals surface area contributed by atoms with Crippen molar-refractivity contribution in [3.05, 3.63) is 51.0 Å². The molecule has 1 aliphatic carbocycles. The van der Waals surface area contributed by atoms with Crippen molar-refractivity contribution < 1.29 is 9.21 Å². The second-order valence-corrected chi connectivity index (χ2v) is 8.64. The minimum Gasteiger partial charge on any atom is -0.450 e. The van der Waals surface area contributed by atoms with E-state index in [1.807, 2.05) is 11.0 Å². The van der Waals surface area contributed by atoms with Gasteiger partial charge in [0, 0.05) is 24.5 Å². The molecular formula is C19H17BrClN3O2S. The Hall–Kier alpha value is -1.57. The van der Waals surface area contributed by atoms with Crippen molar-refractivity contribution >= 4 is 62.1 Å². The Morgan fingerprint density at radius 3 is 2.81 bits per heavy atom. The van der Waals surface area contributed by atoms with Crippen molar-refractivity contribution in [2.75, 3.05) is 0 Å². The molecule has 27 heavy (non-hydrogen) atoms.